The van der Waals surface area contributed by atoms with E-state index < -0.39 is 16.1 Å². The van der Waals surface area contributed by atoms with Gasteiger partial charge in [0.05, 0.1) is 16.7 Å². The number of aromatic amines is 1. The van der Waals surface area contributed by atoms with E-state index in [4.69, 9.17) is 0 Å². The van der Waals surface area contributed by atoms with Gasteiger partial charge in [-0.3, -0.25) is 4.79 Å². The normalized spacial score (nSPS) is 16.2. The van der Waals surface area contributed by atoms with Gasteiger partial charge in [-0.2, -0.15) is 8.42 Å². The van der Waals surface area contributed by atoms with Gasteiger partial charge in [-0.15, -0.1) is 0 Å². The number of nitrogens with one attached hydrogen (secondary N) is 2. The molecule has 26 heavy (non-hydrogen) atoms. The van der Waals surface area contributed by atoms with Gasteiger partial charge in [0.25, 0.3) is 5.91 Å². The van der Waals surface area contributed by atoms with Gasteiger partial charge < -0.3 is 10.1 Å². The number of nitrogens with zero attached hydrogens (tertiary/aromatic N) is 2. The Morgan fingerprint density at radius 3 is 2.65 bits per heavy atom. The van der Waals surface area contributed by atoms with Crippen LogP contribution in [0.15, 0.2) is 42.5 Å². The van der Waals surface area contributed by atoms with Gasteiger partial charge in [0.2, 0.25) is 0 Å². The van der Waals surface area contributed by atoms with Crippen LogP contribution in [0.5, 0.6) is 5.75 Å². The highest BCUT2D eigenvalue weighted by atomic mass is 32.2. The third-order valence-electron chi connectivity index (χ3n) is 4.22. The number of carbonyl (C=O) groups is 1. The number of aryl methyl sites for hydroxylation is 2. The molecule has 2 heterocycles. The second kappa shape index (κ2) is 6.03. The first-order valence-corrected chi connectivity index (χ1v) is 9.45. The highest BCUT2D eigenvalue weighted by Crippen LogP contribution is 2.31. The number of phenolic OH excluding ortho intramolecular Hbond substituents is 1. The molecule has 1 aromatic heterocycles. The van der Waals surface area contributed by atoms with Crippen LogP contribution in [0.1, 0.15) is 11.4 Å². The second-order valence-corrected chi connectivity index (χ2v) is 7.66. The molecule has 9 heteroatoms. The van der Waals surface area contributed by atoms with E-state index in [0.717, 1.165) is 26.7 Å². The average molecular weight is 372 g/mol. The summed E-state index contributed by atoms with van der Waals surface area (Å²) < 4.78 is 26.5. The molecule has 0 bridgehead atoms. The van der Waals surface area contributed by atoms with Crippen molar-refractivity contribution in [2.24, 2.45) is 0 Å². The molecule has 0 atom stereocenters. The van der Waals surface area contributed by atoms with Crippen molar-refractivity contribution in [1.29, 1.82) is 0 Å². The van der Waals surface area contributed by atoms with Crippen LogP contribution in [-0.4, -0.2) is 35.9 Å². The lowest BCUT2D eigenvalue weighted by molar-refractivity contribution is -0.117. The van der Waals surface area contributed by atoms with Crippen LogP contribution in [0.2, 0.25) is 0 Å². The van der Waals surface area contributed by atoms with Gasteiger partial charge in [-0.25, -0.2) is 14.0 Å². The summed E-state index contributed by atoms with van der Waals surface area (Å²) in [5, 5.41) is 10.2. The Kier molecular flexibility index (Phi) is 3.80. The first-order valence-electron chi connectivity index (χ1n) is 8.01. The Morgan fingerprint density at radius 2 is 1.96 bits per heavy atom. The Morgan fingerprint density at radius 1 is 1.15 bits per heavy atom. The SMILES string of the molecule is O=C1CN(c2ccc(CCc3nc4ccccc4[nH]3)cc2O)S(=O)(=O)N1. The number of phenols is 1. The number of hydrogen-bond acceptors (Lipinski definition) is 5. The summed E-state index contributed by atoms with van der Waals surface area (Å²) in [5.74, 6) is 0.0252. The van der Waals surface area contributed by atoms with E-state index in [0.29, 0.717) is 12.8 Å². The smallest absolute Gasteiger partial charge is 0.326 e. The molecule has 0 saturated carbocycles. The van der Waals surface area contributed by atoms with Crippen molar-refractivity contribution >= 4 is 32.8 Å². The number of para-hydroxylation sites is 2. The molecule has 1 fully saturated rings. The number of aromatic nitrogens is 2. The summed E-state index contributed by atoms with van der Waals surface area (Å²) >= 11 is 0. The van der Waals surface area contributed by atoms with Crippen LogP contribution in [-0.2, 0) is 27.8 Å². The molecule has 1 saturated heterocycles. The van der Waals surface area contributed by atoms with Gasteiger partial charge in [-0.05, 0) is 36.2 Å². The lowest BCUT2D eigenvalue weighted by Crippen LogP contribution is -2.29. The van der Waals surface area contributed by atoms with Gasteiger partial charge >= 0.3 is 10.2 Å². The number of rotatable bonds is 4. The van der Waals surface area contributed by atoms with Gasteiger partial charge in [0.1, 0.15) is 18.1 Å². The highest BCUT2D eigenvalue weighted by Gasteiger charge is 2.35. The number of hydrogen-bond donors (Lipinski definition) is 3. The van der Waals surface area contributed by atoms with E-state index in [-0.39, 0.29) is 18.0 Å². The monoisotopic (exact) mass is 372 g/mol. The van der Waals surface area contributed by atoms with E-state index in [2.05, 4.69) is 9.97 Å². The molecule has 2 aromatic carbocycles. The third kappa shape index (κ3) is 2.97. The number of benzene rings is 2. The maximum absolute atomic E-state index is 11.9. The fourth-order valence-corrected chi connectivity index (χ4v) is 4.15. The number of anilines is 1. The first-order chi connectivity index (χ1) is 12.4. The number of H-pyrrole nitrogens is 1. The molecule has 0 unspecified atom stereocenters. The Balaban J connectivity index is 1.52. The quantitative estimate of drug-likeness (QED) is 0.637. The van der Waals surface area contributed by atoms with Crippen LogP contribution in [0, 0.1) is 0 Å². The van der Waals surface area contributed by atoms with Gasteiger partial charge in [0, 0.05) is 6.42 Å². The minimum atomic E-state index is -3.94. The second-order valence-electron chi connectivity index (χ2n) is 6.06. The van der Waals surface area contributed by atoms with Crippen molar-refractivity contribution in [1.82, 2.24) is 14.7 Å². The molecule has 134 valence electrons. The van der Waals surface area contributed by atoms with Crippen LogP contribution >= 0.6 is 0 Å². The minimum absolute atomic E-state index is 0.0795. The molecule has 0 radical (unpaired) electrons. The van der Waals surface area contributed by atoms with Crippen molar-refractivity contribution in [2.45, 2.75) is 12.8 Å². The summed E-state index contributed by atoms with van der Waals surface area (Å²) in [6.07, 6.45) is 1.27. The molecular weight excluding hydrogens is 356 g/mol. The van der Waals surface area contributed by atoms with Crippen molar-refractivity contribution < 1.29 is 18.3 Å². The lowest BCUT2D eigenvalue weighted by atomic mass is 10.1. The maximum atomic E-state index is 11.9. The van der Waals surface area contributed by atoms with E-state index in [1.165, 1.54) is 12.1 Å². The number of carbonyl (C=O) groups excluding carboxylic acids is 1. The standard InChI is InChI=1S/C17H16N4O4S/c22-15-9-11(5-7-14(15)21-10-17(23)20-26(21,24)25)6-8-16-18-12-3-1-2-4-13(12)19-16/h1-5,7,9,22H,6,8,10H2,(H,18,19)(H,20,23). The van der Waals surface area contributed by atoms with Crippen molar-refractivity contribution in [2.75, 3.05) is 10.8 Å². The lowest BCUT2D eigenvalue weighted by Gasteiger charge is -2.16. The van der Waals surface area contributed by atoms with E-state index in [9.17, 15) is 18.3 Å². The van der Waals surface area contributed by atoms with Gasteiger partial charge in [-0.1, -0.05) is 18.2 Å². The molecule has 0 spiro atoms. The molecule has 8 nitrogen and oxygen atoms in total. The van der Waals surface area contributed by atoms with Crippen LogP contribution in [0.3, 0.4) is 0 Å². The summed E-state index contributed by atoms with van der Waals surface area (Å²) in [7, 11) is -3.94. The molecule has 4 rings (SSSR count). The summed E-state index contributed by atoms with van der Waals surface area (Å²) in [6.45, 7) is -0.339. The fourth-order valence-electron chi connectivity index (χ4n) is 2.98. The average Bonchev–Trinajstić information content (AvgIpc) is 3.12. The number of aromatic hydroxyl groups is 1. The zero-order chi connectivity index (χ0) is 18.3. The van der Waals surface area contributed by atoms with Gasteiger partial charge in [0.15, 0.2) is 0 Å². The Labute approximate surface area is 149 Å². The molecule has 3 N–H and O–H groups in total. The molecule has 1 amide bonds. The van der Waals surface area contributed by atoms with Crippen LogP contribution in [0.25, 0.3) is 11.0 Å². The number of amides is 1. The maximum Gasteiger partial charge on any atom is 0.326 e. The number of fused-ring (bicyclic) bond motifs is 1. The summed E-state index contributed by atoms with van der Waals surface area (Å²) in [6, 6.07) is 12.5. The van der Waals surface area contributed by atoms with Crippen LogP contribution in [0.4, 0.5) is 5.69 Å². The Bertz CT molecular complexity index is 1070. The van der Waals surface area contributed by atoms with Crippen molar-refractivity contribution in [3.8, 4) is 5.75 Å². The zero-order valence-electron chi connectivity index (χ0n) is 13.6. The van der Waals surface area contributed by atoms with Crippen molar-refractivity contribution in [3.63, 3.8) is 0 Å². The van der Waals surface area contributed by atoms with E-state index >= 15 is 0 Å². The molecule has 1 aliphatic rings. The molecular formula is C17H16N4O4S. The van der Waals surface area contributed by atoms with E-state index in [1.54, 1.807) is 6.07 Å². The summed E-state index contributed by atoms with van der Waals surface area (Å²) in [4.78, 5) is 19.1. The topological polar surface area (TPSA) is 115 Å². The van der Waals surface area contributed by atoms with E-state index in [1.807, 2.05) is 29.0 Å². The van der Waals surface area contributed by atoms with Crippen molar-refractivity contribution in [3.05, 3.63) is 53.9 Å². The number of imidazole rings is 1. The van der Waals surface area contributed by atoms with Crippen LogP contribution < -0.4 is 9.03 Å². The molecule has 0 aliphatic carbocycles. The predicted molar refractivity (Wildman–Crippen MR) is 96.0 cm³/mol. The Hall–Kier alpha value is -3.07. The molecule has 3 aromatic rings. The summed E-state index contributed by atoms with van der Waals surface area (Å²) in [5.41, 5.74) is 2.78. The fraction of sp³-hybridized carbons (Fsp3) is 0.176. The first kappa shape index (κ1) is 16.4. The third-order valence-corrected chi connectivity index (χ3v) is 5.61. The molecule has 1 aliphatic heterocycles. The largest absolute Gasteiger partial charge is 0.506 e. The zero-order valence-corrected chi connectivity index (χ0v) is 14.5. The minimum Gasteiger partial charge on any atom is -0.506 e. The predicted octanol–water partition coefficient (Wildman–Crippen LogP) is 1.23. The highest BCUT2D eigenvalue weighted by molar-refractivity contribution is 7.92.